The van der Waals surface area contributed by atoms with Gasteiger partial charge in [0.1, 0.15) is 0 Å². The number of amides is 1. The lowest BCUT2D eigenvalue weighted by atomic mass is 10.2. The summed E-state index contributed by atoms with van der Waals surface area (Å²) in [4.78, 5) is 10.9. The molecule has 1 atom stereocenters. The predicted octanol–water partition coefficient (Wildman–Crippen LogP) is 0.843. The second-order valence-corrected chi connectivity index (χ2v) is 3.30. The van der Waals surface area contributed by atoms with E-state index in [4.69, 9.17) is 5.84 Å². The quantitative estimate of drug-likeness (QED) is 0.464. The molecule has 0 aliphatic rings. The molecule has 1 heterocycles. The molecule has 3 N–H and O–H groups in total. The molecule has 0 aromatic carbocycles. The third-order valence-corrected chi connectivity index (χ3v) is 1.99. The third-order valence-electron chi connectivity index (χ3n) is 1.99. The molecule has 1 amide bonds. The zero-order valence-electron chi connectivity index (χ0n) is 8.45. The maximum absolute atomic E-state index is 12.2. The van der Waals surface area contributed by atoms with Crippen molar-refractivity contribution in [2.75, 3.05) is 0 Å². The van der Waals surface area contributed by atoms with Crippen LogP contribution in [0.3, 0.4) is 0 Å². The number of hydrazine groups is 1. The van der Waals surface area contributed by atoms with Crippen LogP contribution in [0.5, 0.6) is 0 Å². The largest absolute Gasteiger partial charge is 0.435 e. The Morgan fingerprint density at radius 3 is 2.75 bits per heavy atom. The number of nitrogens with one attached hydrogen (secondary N) is 1. The van der Waals surface area contributed by atoms with Gasteiger partial charge in [-0.25, -0.2) is 5.84 Å². The molecule has 90 valence electrons. The molecule has 1 unspecified atom stereocenters. The summed E-state index contributed by atoms with van der Waals surface area (Å²) in [6.45, 7) is 1.57. The van der Waals surface area contributed by atoms with Crippen LogP contribution in [0.2, 0.25) is 0 Å². The Morgan fingerprint density at radius 2 is 2.31 bits per heavy atom. The number of carbonyl (C=O) groups is 1. The maximum atomic E-state index is 12.2. The molecule has 1 aromatic heterocycles. The van der Waals surface area contributed by atoms with Gasteiger partial charge in [-0.1, -0.05) is 0 Å². The minimum Gasteiger partial charge on any atom is -0.294 e. The number of nitrogens with zero attached hydrogens (tertiary/aromatic N) is 2. The van der Waals surface area contributed by atoms with Crippen molar-refractivity contribution in [1.82, 2.24) is 15.2 Å². The van der Waals surface area contributed by atoms with Crippen LogP contribution in [0.1, 0.15) is 25.1 Å². The topological polar surface area (TPSA) is 72.9 Å². The first-order valence-electron chi connectivity index (χ1n) is 4.46. The number of carbonyl (C=O) groups excluding carboxylic acids is 1. The molecule has 0 aliphatic carbocycles. The van der Waals surface area contributed by atoms with Crippen LogP contribution >= 0.6 is 0 Å². The SMILES string of the molecule is CC(CC(=O)NN)n1ccc(C(F)(F)F)n1. The smallest absolute Gasteiger partial charge is 0.294 e. The van der Waals surface area contributed by atoms with Crippen LogP contribution in [0.25, 0.3) is 0 Å². The average Bonchev–Trinajstić information content (AvgIpc) is 2.65. The Labute approximate surface area is 89.4 Å². The standard InChI is InChI=1S/C8H11F3N4O/c1-5(4-7(16)13-12)15-3-2-6(14-15)8(9,10)11/h2-3,5H,4,12H2,1H3,(H,13,16). The Balaban J connectivity index is 2.74. The molecule has 0 radical (unpaired) electrons. The number of aromatic nitrogens is 2. The number of hydrogen-bond donors (Lipinski definition) is 2. The predicted molar refractivity (Wildman–Crippen MR) is 48.9 cm³/mol. The van der Waals surface area contributed by atoms with Gasteiger partial charge in [-0.15, -0.1) is 0 Å². The van der Waals surface area contributed by atoms with Gasteiger partial charge < -0.3 is 0 Å². The molecular weight excluding hydrogens is 225 g/mol. The minimum atomic E-state index is -4.47. The lowest BCUT2D eigenvalue weighted by Gasteiger charge is -2.10. The van der Waals surface area contributed by atoms with Gasteiger partial charge >= 0.3 is 6.18 Å². The molecule has 0 saturated carbocycles. The number of alkyl halides is 3. The highest BCUT2D eigenvalue weighted by atomic mass is 19.4. The number of halogens is 3. The molecule has 0 fully saturated rings. The van der Waals surface area contributed by atoms with Crippen LogP contribution in [-0.4, -0.2) is 15.7 Å². The highest BCUT2D eigenvalue weighted by molar-refractivity contribution is 5.75. The summed E-state index contributed by atoms with van der Waals surface area (Å²) in [5.41, 5.74) is 0.921. The fourth-order valence-corrected chi connectivity index (χ4v) is 1.16. The Morgan fingerprint density at radius 1 is 1.69 bits per heavy atom. The van der Waals surface area contributed by atoms with Crippen molar-refractivity contribution in [2.24, 2.45) is 5.84 Å². The van der Waals surface area contributed by atoms with Crippen molar-refractivity contribution < 1.29 is 18.0 Å². The van der Waals surface area contributed by atoms with Gasteiger partial charge in [0.15, 0.2) is 5.69 Å². The summed E-state index contributed by atoms with van der Waals surface area (Å²) in [7, 11) is 0. The Bertz CT molecular complexity index is 374. The maximum Gasteiger partial charge on any atom is 0.435 e. The van der Waals surface area contributed by atoms with Crippen LogP contribution < -0.4 is 11.3 Å². The molecule has 0 saturated heterocycles. The fraction of sp³-hybridized carbons (Fsp3) is 0.500. The van der Waals surface area contributed by atoms with Gasteiger partial charge in [0.05, 0.1) is 12.5 Å². The molecule has 0 spiro atoms. The van der Waals surface area contributed by atoms with Crippen LogP contribution in [0.15, 0.2) is 12.3 Å². The van der Waals surface area contributed by atoms with Crippen molar-refractivity contribution in [1.29, 1.82) is 0 Å². The molecule has 5 nitrogen and oxygen atoms in total. The summed E-state index contributed by atoms with van der Waals surface area (Å²) < 4.78 is 37.7. The van der Waals surface area contributed by atoms with E-state index >= 15 is 0 Å². The molecule has 0 bridgehead atoms. The van der Waals surface area contributed by atoms with Crippen LogP contribution in [0, 0.1) is 0 Å². The van der Waals surface area contributed by atoms with Gasteiger partial charge in [-0.3, -0.25) is 14.9 Å². The van der Waals surface area contributed by atoms with E-state index in [0.717, 1.165) is 10.7 Å². The van der Waals surface area contributed by atoms with Gasteiger partial charge in [-0.2, -0.15) is 18.3 Å². The van der Waals surface area contributed by atoms with Gasteiger partial charge in [0.25, 0.3) is 0 Å². The van der Waals surface area contributed by atoms with Crippen molar-refractivity contribution >= 4 is 5.91 Å². The minimum absolute atomic E-state index is 0.0323. The highest BCUT2D eigenvalue weighted by Gasteiger charge is 2.33. The summed E-state index contributed by atoms with van der Waals surface area (Å²) in [6, 6.07) is 0.372. The molecule has 16 heavy (non-hydrogen) atoms. The molecule has 1 rings (SSSR count). The highest BCUT2D eigenvalue weighted by Crippen LogP contribution is 2.28. The zero-order valence-corrected chi connectivity index (χ0v) is 8.45. The first kappa shape index (κ1) is 12.5. The van der Waals surface area contributed by atoms with E-state index in [1.54, 1.807) is 6.92 Å². The van der Waals surface area contributed by atoms with Gasteiger partial charge in [0.2, 0.25) is 5.91 Å². The second kappa shape index (κ2) is 4.52. The summed E-state index contributed by atoms with van der Waals surface area (Å²) in [5, 5.41) is 3.34. The van der Waals surface area contributed by atoms with Gasteiger partial charge in [-0.05, 0) is 13.0 Å². The lowest BCUT2D eigenvalue weighted by molar-refractivity contribution is -0.141. The zero-order chi connectivity index (χ0) is 12.3. The Kier molecular flexibility index (Phi) is 3.53. The molecule has 8 heteroatoms. The first-order chi connectivity index (χ1) is 7.34. The number of nitrogens with two attached hydrogens (primary N) is 1. The van der Waals surface area contributed by atoms with E-state index in [0.29, 0.717) is 0 Å². The van der Waals surface area contributed by atoms with Crippen LogP contribution in [-0.2, 0) is 11.0 Å². The van der Waals surface area contributed by atoms with E-state index in [1.807, 2.05) is 5.43 Å². The van der Waals surface area contributed by atoms with Gasteiger partial charge in [0, 0.05) is 6.20 Å². The van der Waals surface area contributed by atoms with E-state index in [-0.39, 0.29) is 6.42 Å². The van der Waals surface area contributed by atoms with Crippen molar-refractivity contribution in [3.05, 3.63) is 18.0 Å². The van der Waals surface area contributed by atoms with E-state index < -0.39 is 23.8 Å². The lowest BCUT2D eigenvalue weighted by Crippen LogP contribution is -2.31. The van der Waals surface area contributed by atoms with E-state index in [9.17, 15) is 18.0 Å². The van der Waals surface area contributed by atoms with Crippen molar-refractivity contribution in [3.63, 3.8) is 0 Å². The first-order valence-corrected chi connectivity index (χ1v) is 4.46. The van der Waals surface area contributed by atoms with E-state index in [1.165, 1.54) is 6.20 Å². The number of hydrogen-bond acceptors (Lipinski definition) is 3. The molecule has 1 aromatic rings. The third kappa shape index (κ3) is 2.96. The summed E-state index contributed by atoms with van der Waals surface area (Å²) in [6.07, 6.45) is -3.33. The van der Waals surface area contributed by atoms with Crippen molar-refractivity contribution in [2.45, 2.75) is 25.6 Å². The average molecular weight is 236 g/mol. The monoisotopic (exact) mass is 236 g/mol. The van der Waals surface area contributed by atoms with Crippen LogP contribution in [0.4, 0.5) is 13.2 Å². The second-order valence-electron chi connectivity index (χ2n) is 3.30. The summed E-state index contributed by atoms with van der Waals surface area (Å²) >= 11 is 0. The molecular formula is C8H11F3N4O. The van der Waals surface area contributed by atoms with E-state index in [2.05, 4.69) is 5.10 Å². The molecule has 0 aliphatic heterocycles. The number of rotatable bonds is 3. The van der Waals surface area contributed by atoms with Crippen molar-refractivity contribution in [3.8, 4) is 0 Å². The normalized spacial score (nSPS) is 13.6. The Hall–Kier alpha value is -1.57. The fourth-order valence-electron chi connectivity index (χ4n) is 1.16. The summed E-state index contributed by atoms with van der Waals surface area (Å²) in [5.74, 6) is 4.40.